The van der Waals surface area contributed by atoms with E-state index in [0.29, 0.717) is 18.7 Å². The topological polar surface area (TPSA) is 69.3 Å². The molecule has 0 aliphatic rings. The van der Waals surface area contributed by atoms with Gasteiger partial charge in [-0.3, -0.25) is 4.68 Å². The van der Waals surface area contributed by atoms with Gasteiger partial charge in [0.2, 0.25) is 0 Å². The lowest BCUT2D eigenvalue weighted by atomic mass is 10.2. The molecule has 1 unspecified atom stereocenters. The third-order valence-electron chi connectivity index (χ3n) is 3.26. The van der Waals surface area contributed by atoms with E-state index in [1.165, 1.54) is 0 Å². The second kappa shape index (κ2) is 7.08. The maximum absolute atomic E-state index is 11.9. The summed E-state index contributed by atoms with van der Waals surface area (Å²) in [6.07, 6.45) is 4.01. The van der Waals surface area contributed by atoms with Crippen LogP contribution in [-0.2, 0) is 24.8 Å². The van der Waals surface area contributed by atoms with Crippen LogP contribution >= 0.6 is 0 Å². The molecule has 0 aliphatic heterocycles. The van der Waals surface area contributed by atoms with Gasteiger partial charge in [0.15, 0.2) is 0 Å². The summed E-state index contributed by atoms with van der Waals surface area (Å²) in [5, 5.41) is 7.50. The van der Waals surface area contributed by atoms with Gasteiger partial charge in [0.05, 0.1) is 24.8 Å². The van der Waals surface area contributed by atoms with Crippen molar-refractivity contribution in [3.63, 3.8) is 0 Å². The van der Waals surface area contributed by atoms with Gasteiger partial charge < -0.3 is 14.5 Å². The predicted octanol–water partition coefficient (Wildman–Crippen LogP) is 1.91. The predicted molar refractivity (Wildman–Crippen MR) is 77.9 cm³/mol. The monoisotopic (exact) mass is 291 g/mol. The molecule has 21 heavy (non-hydrogen) atoms. The number of rotatable bonds is 7. The van der Waals surface area contributed by atoms with E-state index in [1.54, 1.807) is 24.1 Å². The molecule has 0 amide bonds. The average molecular weight is 291 g/mol. The lowest BCUT2D eigenvalue weighted by Gasteiger charge is -2.13. The van der Waals surface area contributed by atoms with E-state index in [0.717, 1.165) is 17.9 Å². The van der Waals surface area contributed by atoms with Crippen LogP contribution in [0.15, 0.2) is 29.0 Å². The van der Waals surface area contributed by atoms with Gasteiger partial charge in [-0.2, -0.15) is 5.10 Å². The summed E-state index contributed by atoms with van der Waals surface area (Å²) >= 11 is 0. The molecule has 114 valence electrons. The molecule has 0 saturated heterocycles. The lowest BCUT2D eigenvalue weighted by molar-refractivity contribution is 0.0524. The fourth-order valence-electron chi connectivity index (χ4n) is 2.13. The van der Waals surface area contributed by atoms with Crippen LogP contribution in [0.4, 0.5) is 0 Å². The van der Waals surface area contributed by atoms with Crippen molar-refractivity contribution in [3.8, 4) is 0 Å². The molecule has 2 aromatic heterocycles. The molecule has 1 atom stereocenters. The van der Waals surface area contributed by atoms with E-state index >= 15 is 0 Å². The molecule has 0 spiro atoms. The molecule has 0 bridgehead atoms. The molecule has 0 radical (unpaired) electrons. The summed E-state index contributed by atoms with van der Waals surface area (Å²) in [5.74, 6) is 0.603. The van der Waals surface area contributed by atoms with Crippen molar-refractivity contribution in [3.05, 3.63) is 41.6 Å². The van der Waals surface area contributed by atoms with E-state index in [2.05, 4.69) is 17.3 Å². The first-order valence-electron chi connectivity index (χ1n) is 7.05. The number of nitrogens with zero attached hydrogens (tertiary/aromatic N) is 2. The molecule has 2 rings (SSSR count). The summed E-state index contributed by atoms with van der Waals surface area (Å²) in [5.41, 5.74) is 1.33. The zero-order valence-electron chi connectivity index (χ0n) is 12.6. The number of furan rings is 1. The molecule has 0 saturated carbocycles. The van der Waals surface area contributed by atoms with Gasteiger partial charge in [-0.15, -0.1) is 0 Å². The molecule has 0 aliphatic carbocycles. The zero-order chi connectivity index (χ0) is 15.2. The van der Waals surface area contributed by atoms with E-state index in [9.17, 15) is 4.79 Å². The second-order valence-corrected chi connectivity index (χ2v) is 4.91. The van der Waals surface area contributed by atoms with Gasteiger partial charge in [-0.25, -0.2) is 4.79 Å². The Morgan fingerprint density at radius 1 is 1.57 bits per heavy atom. The summed E-state index contributed by atoms with van der Waals surface area (Å²) < 4.78 is 12.1. The normalized spacial score (nSPS) is 12.3. The van der Waals surface area contributed by atoms with Crippen molar-refractivity contribution in [2.24, 2.45) is 7.05 Å². The van der Waals surface area contributed by atoms with E-state index in [4.69, 9.17) is 9.15 Å². The van der Waals surface area contributed by atoms with Crippen LogP contribution in [0.25, 0.3) is 0 Å². The van der Waals surface area contributed by atoms with Crippen LogP contribution in [0, 0.1) is 0 Å². The first-order chi connectivity index (χ1) is 10.1. The Labute approximate surface area is 124 Å². The highest BCUT2D eigenvalue weighted by Gasteiger charge is 2.17. The molecular formula is C15H21N3O3. The Kier molecular flexibility index (Phi) is 5.16. The van der Waals surface area contributed by atoms with Crippen LogP contribution in [0.3, 0.4) is 0 Å². The molecule has 0 fully saturated rings. The maximum atomic E-state index is 11.9. The zero-order valence-corrected chi connectivity index (χ0v) is 12.6. The second-order valence-electron chi connectivity index (χ2n) is 4.91. The number of hydrogen-bond donors (Lipinski definition) is 1. The summed E-state index contributed by atoms with van der Waals surface area (Å²) in [6.45, 7) is 4.77. The molecule has 0 aromatic carbocycles. The van der Waals surface area contributed by atoms with Gasteiger partial charge in [0.1, 0.15) is 11.3 Å². The van der Waals surface area contributed by atoms with Crippen molar-refractivity contribution < 1.29 is 13.9 Å². The van der Waals surface area contributed by atoms with E-state index in [1.807, 2.05) is 19.2 Å². The molecule has 6 heteroatoms. The lowest BCUT2D eigenvalue weighted by Crippen LogP contribution is -2.29. The largest absolute Gasteiger partial charge is 0.469 e. The van der Waals surface area contributed by atoms with Crippen LogP contribution in [0.2, 0.25) is 0 Å². The SMILES string of the molecule is CCOC(=O)c1cnn(C)c1CNC(C)Cc1ccco1. The fraction of sp³-hybridized carbons (Fsp3) is 0.467. The minimum atomic E-state index is -0.332. The van der Waals surface area contributed by atoms with Crippen LogP contribution in [0.1, 0.15) is 35.7 Å². The van der Waals surface area contributed by atoms with E-state index < -0.39 is 0 Å². The third-order valence-corrected chi connectivity index (χ3v) is 3.26. The van der Waals surface area contributed by atoms with Crippen molar-refractivity contribution in [2.75, 3.05) is 6.61 Å². The van der Waals surface area contributed by atoms with Crippen molar-refractivity contribution >= 4 is 5.97 Å². The van der Waals surface area contributed by atoms with Gasteiger partial charge in [0, 0.05) is 26.1 Å². The number of aryl methyl sites for hydroxylation is 1. The molecule has 2 aromatic rings. The van der Waals surface area contributed by atoms with Crippen LogP contribution in [0.5, 0.6) is 0 Å². The number of aromatic nitrogens is 2. The van der Waals surface area contributed by atoms with Gasteiger partial charge in [-0.1, -0.05) is 0 Å². The summed E-state index contributed by atoms with van der Waals surface area (Å²) in [7, 11) is 1.82. The van der Waals surface area contributed by atoms with Gasteiger partial charge >= 0.3 is 5.97 Å². The molecule has 1 N–H and O–H groups in total. The highest BCUT2D eigenvalue weighted by atomic mass is 16.5. The Morgan fingerprint density at radius 3 is 3.05 bits per heavy atom. The Morgan fingerprint density at radius 2 is 2.38 bits per heavy atom. The summed E-state index contributed by atoms with van der Waals surface area (Å²) in [4.78, 5) is 11.9. The number of hydrogen-bond acceptors (Lipinski definition) is 5. The first kappa shape index (κ1) is 15.3. The Hall–Kier alpha value is -2.08. The number of esters is 1. The van der Waals surface area contributed by atoms with Crippen molar-refractivity contribution in [2.45, 2.75) is 32.9 Å². The molecule has 2 heterocycles. The number of ether oxygens (including phenoxy) is 1. The van der Waals surface area contributed by atoms with Crippen LogP contribution < -0.4 is 5.32 Å². The molecular weight excluding hydrogens is 270 g/mol. The van der Waals surface area contributed by atoms with Crippen LogP contribution in [-0.4, -0.2) is 28.4 Å². The van der Waals surface area contributed by atoms with Gasteiger partial charge in [0.25, 0.3) is 0 Å². The number of nitrogens with one attached hydrogen (secondary N) is 1. The fourth-order valence-corrected chi connectivity index (χ4v) is 2.13. The number of carbonyl (C=O) groups is 1. The minimum absolute atomic E-state index is 0.223. The quantitative estimate of drug-likeness (QED) is 0.789. The van der Waals surface area contributed by atoms with Crippen molar-refractivity contribution in [1.29, 1.82) is 0 Å². The van der Waals surface area contributed by atoms with E-state index in [-0.39, 0.29) is 12.0 Å². The third kappa shape index (κ3) is 3.95. The highest BCUT2D eigenvalue weighted by molar-refractivity contribution is 5.90. The smallest absolute Gasteiger partial charge is 0.341 e. The average Bonchev–Trinajstić information content (AvgIpc) is 3.06. The maximum Gasteiger partial charge on any atom is 0.341 e. The Balaban J connectivity index is 1.96. The first-order valence-corrected chi connectivity index (χ1v) is 7.05. The molecule has 6 nitrogen and oxygen atoms in total. The summed E-state index contributed by atoms with van der Waals surface area (Å²) in [6, 6.07) is 4.05. The number of carbonyl (C=O) groups excluding carboxylic acids is 1. The standard InChI is InChI=1S/C15H21N3O3/c1-4-20-15(19)13-9-17-18(3)14(13)10-16-11(2)8-12-6-5-7-21-12/h5-7,9,11,16H,4,8,10H2,1-3H3. The van der Waals surface area contributed by atoms with Gasteiger partial charge in [-0.05, 0) is 26.0 Å². The minimum Gasteiger partial charge on any atom is -0.469 e. The Bertz CT molecular complexity index is 575. The highest BCUT2D eigenvalue weighted by Crippen LogP contribution is 2.10. The van der Waals surface area contributed by atoms with Crippen molar-refractivity contribution in [1.82, 2.24) is 15.1 Å².